The summed E-state index contributed by atoms with van der Waals surface area (Å²) in [5.41, 5.74) is 1.47. The molecule has 7 nitrogen and oxygen atoms in total. The van der Waals surface area contributed by atoms with Crippen molar-refractivity contribution in [2.75, 3.05) is 17.9 Å². The van der Waals surface area contributed by atoms with Crippen LogP contribution in [0.15, 0.2) is 71.6 Å². The van der Waals surface area contributed by atoms with Gasteiger partial charge in [-0.05, 0) is 55.0 Å². The lowest BCUT2D eigenvalue weighted by atomic mass is 10.2. The Balaban J connectivity index is 1.45. The number of fused-ring (bicyclic) bond motifs is 1. The lowest BCUT2D eigenvalue weighted by Crippen LogP contribution is -2.40. The van der Waals surface area contributed by atoms with E-state index in [2.05, 4.69) is 10.0 Å². The third-order valence-electron chi connectivity index (χ3n) is 4.81. The third kappa shape index (κ3) is 4.98. The van der Waals surface area contributed by atoms with Gasteiger partial charge in [0.1, 0.15) is 17.6 Å². The molecule has 1 amide bonds. The highest BCUT2D eigenvalue weighted by molar-refractivity contribution is 7.92. The maximum Gasteiger partial charge on any atom is 0.263 e. The van der Waals surface area contributed by atoms with E-state index in [0.717, 1.165) is 5.56 Å². The molecule has 9 heteroatoms. The zero-order chi connectivity index (χ0) is 22.7. The molecular formula is C23H21ClN2O5S. The summed E-state index contributed by atoms with van der Waals surface area (Å²) in [6.45, 7) is 2.34. The average Bonchev–Trinajstić information content (AvgIpc) is 2.77. The predicted molar refractivity (Wildman–Crippen MR) is 122 cm³/mol. The van der Waals surface area contributed by atoms with Crippen molar-refractivity contribution in [1.29, 1.82) is 0 Å². The lowest BCUT2D eigenvalue weighted by Gasteiger charge is -2.26. The van der Waals surface area contributed by atoms with Crippen LogP contribution in [0.3, 0.4) is 0 Å². The van der Waals surface area contributed by atoms with Gasteiger partial charge in [-0.2, -0.15) is 0 Å². The fourth-order valence-corrected chi connectivity index (χ4v) is 4.82. The highest BCUT2D eigenvalue weighted by Crippen LogP contribution is 2.30. The second kappa shape index (κ2) is 9.10. The fourth-order valence-electron chi connectivity index (χ4n) is 3.24. The van der Waals surface area contributed by atoms with Crippen molar-refractivity contribution in [2.24, 2.45) is 0 Å². The van der Waals surface area contributed by atoms with Gasteiger partial charge in [0.2, 0.25) is 0 Å². The number of benzene rings is 3. The van der Waals surface area contributed by atoms with Crippen LogP contribution in [0.4, 0.5) is 5.69 Å². The molecule has 3 aromatic carbocycles. The smallest absolute Gasteiger partial charge is 0.263 e. The van der Waals surface area contributed by atoms with Crippen molar-refractivity contribution in [1.82, 2.24) is 5.32 Å². The van der Waals surface area contributed by atoms with Crippen LogP contribution < -0.4 is 19.5 Å². The molecule has 0 aliphatic carbocycles. The Morgan fingerprint density at radius 3 is 2.62 bits per heavy atom. The number of hydrogen-bond donors (Lipinski definition) is 2. The van der Waals surface area contributed by atoms with E-state index in [9.17, 15) is 13.2 Å². The summed E-state index contributed by atoms with van der Waals surface area (Å²) in [6, 6.07) is 18.3. The number of ether oxygens (including phenoxy) is 2. The molecule has 1 unspecified atom stereocenters. The molecule has 4 rings (SSSR count). The number of sulfonamides is 1. The van der Waals surface area contributed by atoms with Gasteiger partial charge in [-0.1, -0.05) is 35.9 Å². The van der Waals surface area contributed by atoms with Gasteiger partial charge in [0.05, 0.1) is 11.6 Å². The van der Waals surface area contributed by atoms with Crippen LogP contribution in [0.2, 0.25) is 5.02 Å². The number of nitrogens with one attached hydrogen (secondary N) is 2. The van der Waals surface area contributed by atoms with Crippen molar-refractivity contribution < 1.29 is 22.7 Å². The van der Waals surface area contributed by atoms with E-state index >= 15 is 0 Å². The van der Waals surface area contributed by atoms with Crippen molar-refractivity contribution in [2.45, 2.75) is 17.9 Å². The van der Waals surface area contributed by atoms with E-state index in [-0.39, 0.29) is 34.7 Å². The molecule has 0 spiro atoms. The van der Waals surface area contributed by atoms with Crippen LogP contribution in [0.25, 0.3) is 0 Å². The van der Waals surface area contributed by atoms with Gasteiger partial charge in [0, 0.05) is 11.3 Å². The van der Waals surface area contributed by atoms with E-state index in [1.54, 1.807) is 24.3 Å². The summed E-state index contributed by atoms with van der Waals surface area (Å²) in [5.74, 6) is 0.819. The topological polar surface area (TPSA) is 93.7 Å². The number of para-hydroxylation sites is 2. The number of halogens is 1. The highest BCUT2D eigenvalue weighted by Gasteiger charge is 2.23. The molecule has 166 valence electrons. The number of carbonyl (C=O) groups excluding carboxylic acids is 1. The minimum absolute atomic E-state index is 0.0160. The number of amides is 1. The van der Waals surface area contributed by atoms with E-state index in [1.807, 2.05) is 31.2 Å². The Bertz CT molecular complexity index is 1260. The molecule has 0 radical (unpaired) electrons. The zero-order valence-corrected chi connectivity index (χ0v) is 18.7. The summed E-state index contributed by atoms with van der Waals surface area (Å²) >= 11 is 6.14. The second-order valence-corrected chi connectivity index (χ2v) is 9.39. The first-order valence-corrected chi connectivity index (χ1v) is 11.7. The quantitative estimate of drug-likeness (QED) is 0.565. The molecule has 2 N–H and O–H groups in total. The van der Waals surface area contributed by atoms with Crippen LogP contribution in [-0.2, 0) is 10.0 Å². The molecule has 1 atom stereocenters. The molecule has 0 aromatic heterocycles. The largest absolute Gasteiger partial charge is 0.486 e. The number of rotatable bonds is 6. The van der Waals surface area contributed by atoms with E-state index in [0.29, 0.717) is 17.2 Å². The normalized spacial score (nSPS) is 15.1. The first-order valence-electron chi connectivity index (χ1n) is 9.87. The van der Waals surface area contributed by atoms with Gasteiger partial charge < -0.3 is 14.8 Å². The SMILES string of the molecule is Cc1cccc(NS(=O)(=O)c2cc(C(=O)NCC3COc4ccccc4O3)ccc2Cl)c1. The van der Waals surface area contributed by atoms with Gasteiger partial charge in [0.15, 0.2) is 11.5 Å². The number of aryl methyl sites for hydroxylation is 1. The summed E-state index contributed by atoms with van der Waals surface area (Å²) in [4.78, 5) is 12.5. The molecule has 0 fully saturated rings. The number of carbonyl (C=O) groups is 1. The van der Waals surface area contributed by atoms with Crippen LogP contribution in [0.5, 0.6) is 11.5 Å². The van der Waals surface area contributed by atoms with E-state index in [4.69, 9.17) is 21.1 Å². The molecule has 3 aromatic rings. The minimum atomic E-state index is -3.99. The summed E-state index contributed by atoms with van der Waals surface area (Å²) < 4.78 is 39.7. The summed E-state index contributed by atoms with van der Waals surface area (Å²) in [7, 11) is -3.99. The van der Waals surface area contributed by atoms with Gasteiger partial charge in [-0.3, -0.25) is 9.52 Å². The maximum absolute atomic E-state index is 12.9. The van der Waals surface area contributed by atoms with Gasteiger partial charge in [-0.15, -0.1) is 0 Å². The van der Waals surface area contributed by atoms with Gasteiger partial charge in [0.25, 0.3) is 15.9 Å². The lowest BCUT2D eigenvalue weighted by molar-refractivity contribution is 0.0789. The monoisotopic (exact) mass is 472 g/mol. The van der Waals surface area contributed by atoms with Crippen LogP contribution in [-0.4, -0.2) is 33.6 Å². The van der Waals surface area contributed by atoms with E-state index < -0.39 is 15.9 Å². The average molecular weight is 473 g/mol. The standard InChI is InChI=1S/C23H21ClN2O5S/c1-15-5-4-6-17(11-15)26-32(28,29)22-12-16(9-10-19(22)24)23(27)25-13-18-14-30-20-7-2-3-8-21(20)31-18/h2-12,18,26H,13-14H2,1H3,(H,25,27). The molecule has 1 aliphatic heterocycles. The minimum Gasteiger partial charge on any atom is -0.486 e. The number of anilines is 1. The van der Waals surface area contributed by atoms with Crippen molar-refractivity contribution >= 4 is 33.2 Å². The second-order valence-electron chi connectivity index (χ2n) is 7.33. The van der Waals surface area contributed by atoms with Crippen LogP contribution in [0.1, 0.15) is 15.9 Å². The highest BCUT2D eigenvalue weighted by atomic mass is 35.5. The first-order chi connectivity index (χ1) is 15.3. The zero-order valence-electron chi connectivity index (χ0n) is 17.2. The number of hydrogen-bond acceptors (Lipinski definition) is 5. The van der Waals surface area contributed by atoms with Gasteiger partial charge in [-0.25, -0.2) is 8.42 Å². The molecule has 1 aliphatic rings. The van der Waals surface area contributed by atoms with Crippen molar-refractivity contribution in [3.05, 3.63) is 82.9 Å². The van der Waals surface area contributed by atoms with Gasteiger partial charge >= 0.3 is 0 Å². The molecule has 0 saturated heterocycles. The first kappa shape index (κ1) is 22.0. The summed E-state index contributed by atoms with van der Waals surface area (Å²) in [6.07, 6.45) is -0.368. The Hall–Kier alpha value is -3.23. The van der Waals surface area contributed by atoms with Crippen LogP contribution >= 0.6 is 11.6 Å². The Morgan fingerprint density at radius 2 is 1.84 bits per heavy atom. The molecule has 0 saturated carbocycles. The van der Waals surface area contributed by atoms with E-state index in [1.165, 1.54) is 18.2 Å². The Labute approximate surface area is 191 Å². The Kier molecular flexibility index (Phi) is 6.25. The third-order valence-corrected chi connectivity index (χ3v) is 6.67. The maximum atomic E-state index is 12.9. The van der Waals surface area contributed by atoms with Crippen molar-refractivity contribution in [3.8, 4) is 11.5 Å². The summed E-state index contributed by atoms with van der Waals surface area (Å²) in [5, 5.41) is 2.77. The van der Waals surface area contributed by atoms with Crippen molar-refractivity contribution in [3.63, 3.8) is 0 Å². The van der Waals surface area contributed by atoms with Crippen LogP contribution in [0, 0.1) is 6.92 Å². The predicted octanol–water partition coefficient (Wildman–Crippen LogP) is 4.02. The molecule has 32 heavy (non-hydrogen) atoms. The Morgan fingerprint density at radius 1 is 1.06 bits per heavy atom. The molecule has 1 heterocycles. The molecule has 0 bridgehead atoms. The molecular weight excluding hydrogens is 452 g/mol. The fraction of sp³-hybridized carbons (Fsp3) is 0.174.